The van der Waals surface area contributed by atoms with Crippen LogP contribution in [0.1, 0.15) is 24.8 Å². The van der Waals surface area contributed by atoms with E-state index >= 15 is 0 Å². The Bertz CT molecular complexity index is 490. The van der Waals surface area contributed by atoms with Crippen molar-refractivity contribution in [2.24, 2.45) is 17.2 Å². The molecule has 0 aliphatic carbocycles. The molecule has 0 saturated heterocycles. The Labute approximate surface area is 129 Å². The molecule has 0 bridgehead atoms. The fourth-order valence-electron chi connectivity index (χ4n) is 1.85. The molecule has 7 nitrogen and oxygen atoms in total. The molecule has 2 atom stereocenters. The van der Waals surface area contributed by atoms with Crippen molar-refractivity contribution in [3.8, 4) is 5.75 Å². The van der Waals surface area contributed by atoms with Crippen molar-refractivity contribution >= 4 is 11.9 Å². The second kappa shape index (κ2) is 9.14. The number of nitrogens with two attached hydrogens (primary N) is 3. The lowest BCUT2D eigenvalue weighted by Crippen LogP contribution is -2.34. The molecule has 0 spiro atoms. The first-order valence-corrected chi connectivity index (χ1v) is 7.18. The fourth-order valence-corrected chi connectivity index (χ4v) is 1.85. The van der Waals surface area contributed by atoms with E-state index in [1.165, 1.54) is 0 Å². The molecular weight excluding hydrogens is 286 g/mol. The maximum Gasteiger partial charge on any atom is 0.328 e. The largest absolute Gasteiger partial charge is 0.480 e. The molecule has 1 rings (SSSR count). The molecule has 0 amide bonds. The van der Waals surface area contributed by atoms with Crippen LogP contribution < -0.4 is 21.9 Å². The highest BCUT2D eigenvalue weighted by atomic mass is 16.5. The van der Waals surface area contributed by atoms with Crippen molar-refractivity contribution in [1.29, 1.82) is 0 Å². The van der Waals surface area contributed by atoms with Crippen LogP contribution in [0.15, 0.2) is 24.3 Å². The number of carboxylic acids is 1. The predicted octanol–water partition coefficient (Wildman–Crippen LogP) is 0.00270. The molecule has 22 heavy (non-hydrogen) atoms. The molecule has 1 aromatic carbocycles. The zero-order valence-corrected chi connectivity index (χ0v) is 12.4. The van der Waals surface area contributed by atoms with Gasteiger partial charge in [-0.15, -0.1) is 0 Å². The van der Waals surface area contributed by atoms with Gasteiger partial charge in [0.15, 0.2) is 0 Å². The van der Waals surface area contributed by atoms with Gasteiger partial charge in [0, 0.05) is 0 Å². The molecular formula is C15H23N3O4. The number of benzene rings is 1. The minimum atomic E-state index is -1.06. The first kappa shape index (κ1) is 18.1. The van der Waals surface area contributed by atoms with Crippen molar-refractivity contribution in [2.45, 2.75) is 37.8 Å². The minimum Gasteiger partial charge on any atom is -0.480 e. The molecule has 0 radical (unpaired) electrons. The molecule has 7 heteroatoms. The number of esters is 1. The lowest BCUT2D eigenvalue weighted by atomic mass is 10.1. The molecule has 0 aromatic heterocycles. The van der Waals surface area contributed by atoms with Crippen LogP contribution in [-0.4, -0.2) is 35.7 Å². The third-order valence-electron chi connectivity index (χ3n) is 3.19. The van der Waals surface area contributed by atoms with Crippen molar-refractivity contribution < 1.29 is 19.4 Å². The highest BCUT2D eigenvalue weighted by molar-refractivity contribution is 5.78. The molecule has 0 unspecified atom stereocenters. The number of ether oxygens (including phenoxy) is 1. The zero-order valence-electron chi connectivity index (χ0n) is 12.4. The maximum atomic E-state index is 11.8. The number of unbranched alkanes of at least 4 members (excludes halogenated alkanes) is 1. The lowest BCUT2D eigenvalue weighted by molar-refractivity contribution is -0.138. The summed E-state index contributed by atoms with van der Waals surface area (Å²) in [6.45, 7) is 0.571. The summed E-state index contributed by atoms with van der Waals surface area (Å²) in [7, 11) is 0. The number of aliphatic carboxylic acids is 1. The van der Waals surface area contributed by atoms with Gasteiger partial charge in [-0.1, -0.05) is 18.6 Å². The molecule has 1 aromatic rings. The van der Waals surface area contributed by atoms with Crippen molar-refractivity contribution in [3.05, 3.63) is 29.8 Å². The summed E-state index contributed by atoms with van der Waals surface area (Å²) >= 11 is 0. The van der Waals surface area contributed by atoms with E-state index in [4.69, 9.17) is 27.0 Å². The van der Waals surface area contributed by atoms with E-state index in [2.05, 4.69) is 0 Å². The number of carbonyl (C=O) groups excluding carboxylic acids is 1. The molecule has 0 saturated carbocycles. The Morgan fingerprint density at radius 2 is 1.73 bits per heavy atom. The minimum absolute atomic E-state index is 0.210. The van der Waals surface area contributed by atoms with Crippen LogP contribution >= 0.6 is 0 Å². The third-order valence-corrected chi connectivity index (χ3v) is 3.19. The maximum absolute atomic E-state index is 11.8. The van der Waals surface area contributed by atoms with Crippen LogP contribution in [0.2, 0.25) is 0 Å². The molecule has 0 fully saturated rings. The third kappa shape index (κ3) is 6.21. The van der Waals surface area contributed by atoms with Gasteiger partial charge in [-0.05, 0) is 43.5 Å². The summed E-state index contributed by atoms with van der Waals surface area (Å²) in [4.78, 5) is 22.5. The number of carboxylic acid groups (broad SMARTS) is 1. The second-order valence-corrected chi connectivity index (χ2v) is 5.10. The molecule has 0 aliphatic rings. The van der Waals surface area contributed by atoms with Crippen molar-refractivity contribution in [2.75, 3.05) is 6.54 Å². The zero-order chi connectivity index (χ0) is 16.5. The Kier molecular flexibility index (Phi) is 7.51. The van der Waals surface area contributed by atoms with E-state index in [9.17, 15) is 9.59 Å². The van der Waals surface area contributed by atoms with Crippen LogP contribution in [0.4, 0.5) is 0 Å². The Hall–Kier alpha value is -1.96. The summed E-state index contributed by atoms with van der Waals surface area (Å²) in [5, 5.41) is 8.75. The smallest absolute Gasteiger partial charge is 0.328 e. The van der Waals surface area contributed by atoms with Gasteiger partial charge in [-0.25, -0.2) is 4.79 Å². The number of carbonyl (C=O) groups is 2. The van der Waals surface area contributed by atoms with E-state index < -0.39 is 24.0 Å². The number of rotatable bonds is 9. The highest BCUT2D eigenvalue weighted by Crippen LogP contribution is 2.14. The van der Waals surface area contributed by atoms with Crippen LogP contribution in [0.3, 0.4) is 0 Å². The van der Waals surface area contributed by atoms with Gasteiger partial charge in [0.1, 0.15) is 17.8 Å². The number of hydrogen-bond acceptors (Lipinski definition) is 6. The first-order chi connectivity index (χ1) is 10.4. The fraction of sp³-hybridized carbons (Fsp3) is 0.467. The monoisotopic (exact) mass is 309 g/mol. The lowest BCUT2D eigenvalue weighted by Gasteiger charge is -2.11. The Morgan fingerprint density at radius 1 is 1.09 bits per heavy atom. The van der Waals surface area contributed by atoms with Gasteiger partial charge in [-0.3, -0.25) is 4.79 Å². The first-order valence-electron chi connectivity index (χ1n) is 7.18. The van der Waals surface area contributed by atoms with Gasteiger partial charge in [0.2, 0.25) is 0 Å². The average Bonchev–Trinajstić information content (AvgIpc) is 2.49. The Balaban J connectivity index is 2.49. The summed E-state index contributed by atoms with van der Waals surface area (Å²) in [6, 6.07) is 4.90. The molecule has 0 heterocycles. The SMILES string of the molecule is NCCCC[C@H](N)C(=O)Oc1ccc(C[C@H](N)C(=O)O)cc1. The van der Waals surface area contributed by atoms with Crippen LogP contribution in [0.25, 0.3) is 0 Å². The molecule has 7 N–H and O–H groups in total. The van der Waals surface area contributed by atoms with Gasteiger partial charge in [-0.2, -0.15) is 0 Å². The van der Waals surface area contributed by atoms with E-state index in [0.29, 0.717) is 18.7 Å². The van der Waals surface area contributed by atoms with E-state index in [-0.39, 0.29) is 6.42 Å². The number of hydrogen-bond donors (Lipinski definition) is 4. The summed E-state index contributed by atoms with van der Waals surface area (Å²) < 4.78 is 5.17. The van der Waals surface area contributed by atoms with E-state index in [0.717, 1.165) is 18.4 Å². The van der Waals surface area contributed by atoms with Crippen molar-refractivity contribution in [3.63, 3.8) is 0 Å². The van der Waals surface area contributed by atoms with Gasteiger partial charge >= 0.3 is 11.9 Å². The Morgan fingerprint density at radius 3 is 2.27 bits per heavy atom. The van der Waals surface area contributed by atoms with Crippen LogP contribution in [0, 0.1) is 0 Å². The van der Waals surface area contributed by atoms with E-state index in [1.54, 1.807) is 24.3 Å². The van der Waals surface area contributed by atoms with Gasteiger partial charge < -0.3 is 27.0 Å². The van der Waals surface area contributed by atoms with Gasteiger partial charge in [0.05, 0.1) is 0 Å². The normalized spacial score (nSPS) is 13.4. The topological polar surface area (TPSA) is 142 Å². The average molecular weight is 309 g/mol. The summed E-state index contributed by atoms with van der Waals surface area (Å²) in [5.74, 6) is -1.18. The van der Waals surface area contributed by atoms with Crippen LogP contribution in [0.5, 0.6) is 5.75 Å². The second-order valence-electron chi connectivity index (χ2n) is 5.10. The molecule has 122 valence electrons. The highest BCUT2D eigenvalue weighted by Gasteiger charge is 2.16. The standard InChI is InChI=1S/C15H23N3O4/c16-8-2-1-3-12(17)15(21)22-11-6-4-10(5-7-11)9-13(18)14(19)20/h4-7,12-13H,1-3,8-9,16-18H2,(H,19,20)/t12-,13-/m0/s1. The van der Waals surface area contributed by atoms with Crippen molar-refractivity contribution in [1.82, 2.24) is 0 Å². The molecule has 0 aliphatic heterocycles. The quantitative estimate of drug-likeness (QED) is 0.286. The summed E-state index contributed by atoms with van der Waals surface area (Å²) in [5.41, 5.74) is 17.3. The van der Waals surface area contributed by atoms with Gasteiger partial charge in [0.25, 0.3) is 0 Å². The van der Waals surface area contributed by atoms with Crippen LogP contribution in [-0.2, 0) is 16.0 Å². The predicted molar refractivity (Wildman–Crippen MR) is 82.3 cm³/mol. The van der Waals surface area contributed by atoms with E-state index in [1.807, 2.05) is 0 Å². The summed E-state index contributed by atoms with van der Waals surface area (Å²) in [6.07, 6.45) is 2.34.